The molecule has 0 aliphatic heterocycles. The molecule has 1 aromatic rings. The van der Waals surface area contributed by atoms with Gasteiger partial charge < -0.3 is 15.2 Å². The first-order valence-corrected chi connectivity index (χ1v) is 8.81. The highest BCUT2D eigenvalue weighted by atomic mass is 79.9. The van der Waals surface area contributed by atoms with Gasteiger partial charge in [0.15, 0.2) is 0 Å². The zero-order valence-electron chi connectivity index (χ0n) is 13.2. The molecule has 0 aromatic heterocycles. The van der Waals surface area contributed by atoms with Crippen LogP contribution in [0.15, 0.2) is 21.1 Å². The minimum atomic E-state index is -0.141. The summed E-state index contributed by atoms with van der Waals surface area (Å²) in [6.07, 6.45) is 1.83. The van der Waals surface area contributed by atoms with Crippen LogP contribution in [-0.2, 0) is 11.2 Å². The summed E-state index contributed by atoms with van der Waals surface area (Å²) < 4.78 is 13.3. The lowest BCUT2D eigenvalue weighted by Crippen LogP contribution is -2.22. The Morgan fingerprint density at radius 1 is 1.14 bits per heavy atom. The average molecular weight is 423 g/mol. The molecule has 0 aliphatic carbocycles. The molecule has 0 amide bonds. The van der Waals surface area contributed by atoms with Crippen LogP contribution in [-0.4, -0.2) is 24.9 Å². The molecule has 2 N–H and O–H groups in total. The zero-order chi connectivity index (χ0) is 16.0. The van der Waals surface area contributed by atoms with Gasteiger partial charge in [-0.05, 0) is 83.2 Å². The molecule has 1 atom stereocenters. The first-order valence-electron chi connectivity index (χ1n) is 7.23. The van der Waals surface area contributed by atoms with Gasteiger partial charge in [0, 0.05) is 6.04 Å². The van der Waals surface area contributed by atoms with Gasteiger partial charge in [-0.2, -0.15) is 0 Å². The summed E-state index contributed by atoms with van der Waals surface area (Å²) in [7, 11) is 0. The van der Waals surface area contributed by atoms with Crippen LogP contribution >= 0.6 is 31.9 Å². The maximum Gasteiger partial charge on any atom is 0.147 e. The summed E-state index contributed by atoms with van der Waals surface area (Å²) in [5.74, 6) is 0.807. The van der Waals surface area contributed by atoms with Gasteiger partial charge in [0.2, 0.25) is 0 Å². The summed E-state index contributed by atoms with van der Waals surface area (Å²) in [5, 5.41) is 0. The molecule has 0 heterocycles. The minimum absolute atomic E-state index is 0.141. The number of hydrogen-bond acceptors (Lipinski definition) is 3. The largest absolute Gasteiger partial charge is 0.489 e. The van der Waals surface area contributed by atoms with Gasteiger partial charge in [-0.25, -0.2) is 0 Å². The molecule has 1 aromatic carbocycles. The van der Waals surface area contributed by atoms with E-state index >= 15 is 0 Å². The van der Waals surface area contributed by atoms with E-state index in [1.807, 2.05) is 20.8 Å². The highest BCUT2D eigenvalue weighted by molar-refractivity contribution is 9.11. The Labute approximate surface area is 144 Å². The summed E-state index contributed by atoms with van der Waals surface area (Å²) in [6.45, 7) is 9.27. The van der Waals surface area contributed by atoms with Crippen molar-refractivity contribution in [2.75, 3.05) is 13.2 Å². The molecule has 5 heteroatoms. The van der Waals surface area contributed by atoms with Crippen molar-refractivity contribution in [3.05, 3.63) is 26.6 Å². The zero-order valence-corrected chi connectivity index (χ0v) is 16.4. The molecule has 1 unspecified atom stereocenters. The van der Waals surface area contributed by atoms with Crippen LogP contribution in [0, 0.1) is 0 Å². The van der Waals surface area contributed by atoms with E-state index in [-0.39, 0.29) is 11.6 Å². The maximum atomic E-state index is 6.00. The van der Waals surface area contributed by atoms with E-state index in [0.29, 0.717) is 13.2 Å². The quantitative estimate of drug-likeness (QED) is 0.648. The lowest BCUT2D eigenvalue weighted by atomic mass is 10.0. The molecule has 1 rings (SSSR count). The molecule has 120 valence electrons. The first-order chi connectivity index (χ1) is 9.73. The smallest absolute Gasteiger partial charge is 0.147 e. The van der Waals surface area contributed by atoms with E-state index in [1.54, 1.807) is 0 Å². The van der Waals surface area contributed by atoms with Gasteiger partial charge in [0.1, 0.15) is 12.4 Å². The second-order valence-electron chi connectivity index (χ2n) is 6.07. The van der Waals surface area contributed by atoms with Crippen LogP contribution in [0.2, 0.25) is 0 Å². The maximum absolute atomic E-state index is 6.00. The first kappa shape index (κ1) is 18.9. The predicted molar refractivity (Wildman–Crippen MR) is 95.0 cm³/mol. The Morgan fingerprint density at radius 2 is 1.71 bits per heavy atom. The number of halogens is 2. The van der Waals surface area contributed by atoms with E-state index in [0.717, 1.165) is 27.5 Å². The topological polar surface area (TPSA) is 44.5 Å². The molecule has 0 radical (unpaired) electrons. The highest BCUT2D eigenvalue weighted by Gasteiger charge is 2.13. The van der Waals surface area contributed by atoms with E-state index in [9.17, 15) is 0 Å². The van der Waals surface area contributed by atoms with Gasteiger partial charge in [0.05, 0.1) is 21.2 Å². The molecule has 3 nitrogen and oxygen atoms in total. The van der Waals surface area contributed by atoms with Crippen molar-refractivity contribution in [1.29, 1.82) is 0 Å². The van der Waals surface area contributed by atoms with E-state index in [1.165, 1.54) is 5.56 Å². The molecular formula is C16H25Br2NO2. The lowest BCUT2D eigenvalue weighted by molar-refractivity contribution is -0.0164. The molecule has 0 saturated heterocycles. The van der Waals surface area contributed by atoms with Crippen LogP contribution in [0.5, 0.6) is 5.75 Å². The molecule has 0 fully saturated rings. The van der Waals surface area contributed by atoms with Gasteiger partial charge in [-0.1, -0.05) is 6.92 Å². The Bertz CT molecular complexity index is 435. The van der Waals surface area contributed by atoms with Crippen LogP contribution in [0.1, 0.15) is 39.7 Å². The summed E-state index contributed by atoms with van der Waals surface area (Å²) in [6, 6.07) is 4.33. The van der Waals surface area contributed by atoms with Crippen LogP contribution in [0.25, 0.3) is 0 Å². The highest BCUT2D eigenvalue weighted by Crippen LogP contribution is 2.35. The number of rotatable bonds is 7. The van der Waals surface area contributed by atoms with E-state index in [2.05, 4.69) is 50.9 Å². The molecule has 21 heavy (non-hydrogen) atoms. The normalized spacial score (nSPS) is 13.3. The SMILES string of the molecule is CCC(N)Cc1cc(Br)c(OCCOC(C)(C)C)c(Br)c1. The standard InChI is InChI=1S/C16H25Br2NO2/c1-5-12(19)8-11-9-13(17)15(14(18)10-11)20-6-7-21-16(2,3)4/h9-10,12H,5-8,19H2,1-4H3. The second-order valence-corrected chi connectivity index (χ2v) is 7.78. The van der Waals surface area contributed by atoms with Gasteiger partial charge >= 0.3 is 0 Å². The van der Waals surface area contributed by atoms with E-state index < -0.39 is 0 Å². The van der Waals surface area contributed by atoms with Crippen LogP contribution < -0.4 is 10.5 Å². The molecule has 0 bridgehead atoms. The summed E-state index contributed by atoms with van der Waals surface area (Å²) >= 11 is 7.13. The molecule has 0 saturated carbocycles. The van der Waals surface area contributed by atoms with Crippen LogP contribution in [0.4, 0.5) is 0 Å². The number of nitrogens with two attached hydrogens (primary N) is 1. The average Bonchev–Trinajstić information content (AvgIpc) is 2.35. The van der Waals surface area contributed by atoms with Crippen molar-refractivity contribution in [3.63, 3.8) is 0 Å². The third-order valence-corrected chi connectivity index (χ3v) is 4.12. The Kier molecular flexibility index (Phi) is 7.68. The monoisotopic (exact) mass is 421 g/mol. The number of hydrogen-bond donors (Lipinski definition) is 1. The van der Waals surface area contributed by atoms with Crippen LogP contribution in [0.3, 0.4) is 0 Å². The predicted octanol–water partition coefficient (Wildman–Crippen LogP) is 4.69. The fourth-order valence-corrected chi connectivity index (χ4v) is 3.32. The third-order valence-electron chi connectivity index (χ3n) is 2.95. The van der Waals surface area contributed by atoms with Crippen molar-refractivity contribution in [2.24, 2.45) is 5.73 Å². The Hall–Kier alpha value is -0.100. The lowest BCUT2D eigenvalue weighted by Gasteiger charge is -2.20. The number of ether oxygens (including phenoxy) is 2. The Morgan fingerprint density at radius 3 is 2.19 bits per heavy atom. The summed E-state index contributed by atoms with van der Waals surface area (Å²) in [5.41, 5.74) is 7.06. The second kappa shape index (κ2) is 8.51. The van der Waals surface area contributed by atoms with Crippen molar-refractivity contribution in [3.8, 4) is 5.75 Å². The third kappa shape index (κ3) is 7.13. The van der Waals surface area contributed by atoms with Gasteiger partial charge in [-0.3, -0.25) is 0 Å². The van der Waals surface area contributed by atoms with Gasteiger partial charge in [0.25, 0.3) is 0 Å². The van der Waals surface area contributed by atoms with Crippen molar-refractivity contribution in [1.82, 2.24) is 0 Å². The van der Waals surface area contributed by atoms with Crippen molar-refractivity contribution in [2.45, 2.75) is 52.2 Å². The van der Waals surface area contributed by atoms with Crippen molar-refractivity contribution >= 4 is 31.9 Å². The van der Waals surface area contributed by atoms with Crippen molar-refractivity contribution < 1.29 is 9.47 Å². The number of benzene rings is 1. The molecule has 0 aliphatic rings. The van der Waals surface area contributed by atoms with Gasteiger partial charge in [-0.15, -0.1) is 0 Å². The summed E-state index contributed by atoms with van der Waals surface area (Å²) in [4.78, 5) is 0. The molecular weight excluding hydrogens is 398 g/mol. The fraction of sp³-hybridized carbons (Fsp3) is 0.625. The molecule has 0 spiro atoms. The van der Waals surface area contributed by atoms with E-state index in [4.69, 9.17) is 15.2 Å². The Balaban J connectivity index is 2.63. The minimum Gasteiger partial charge on any atom is -0.489 e. The fourth-order valence-electron chi connectivity index (χ4n) is 1.81.